The molecule has 3 rings (SSSR count). The summed E-state index contributed by atoms with van der Waals surface area (Å²) in [5.74, 6) is -2.93. The number of thioether (sulfide) groups is 1. The number of aromatic nitrogens is 1. The van der Waals surface area contributed by atoms with E-state index in [1.165, 1.54) is 23.9 Å². The summed E-state index contributed by atoms with van der Waals surface area (Å²) in [7, 11) is 0. The Balaban J connectivity index is 1.74. The van der Waals surface area contributed by atoms with Crippen molar-refractivity contribution >= 4 is 46.4 Å². The van der Waals surface area contributed by atoms with E-state index in [-0.39, 0.29) is 25.0 Å². The molecule has 4 unspecified atom stereocenters. The van der Waals surface area contributed by atoms with Crippen molar-refractivity contribution in [1.29, 1.82) is 0 Å². The molecule has 0 saturated heterocycles. The number of carbonyl (C=O) groups excluding carboxylic acids is 3. The largest absolute Gasteiger partial charge is 0.508 e. The molecule has 12 nitrogen and oxygen atoms in total. The number of H-pyrrole nitrogens is 1. The smallest absolute Gasteiger partial charge is 0.328 e. The van der Waals surface area contributed by atoms with E-state index in [0.717, 1.165) is 16.5 Å². The van der Waals surface area contributed by atoms with Gasteiger partial charge in [0, 0.05) is 23.5 Å². The standard InChI is InChI=1S/C28H35N5O7S/c1-41-11-10-22(31-25(36)20(29)13-17-14-30-21-5-3-2-4-19(17)21)26(37)32-23(12-16-6-8-18(35)9-7-16)27(38)33-24(15-34)28(39)40/h2-9,14,20,22-24,30,34-35H,10-13,15,29H2,1H3,(H,31,36)(H,32,37)(H,33,38)(H,39,40). The van der Waals surface area contributed by atoms with Crippen LogP contribution in [0.15, 0.2) is 54.7 Å². The summed E-state index contributed by atoms with van der Waals surface area (Å²) < 4.78 is 0. The highest BCUT2D eigenvalue weighted by atomic mass is 32.2. The average molecular weight is 586 g/mol. The topological polar surface area (TPSA) is 207 Å². The van der Waals surface area contributed by atoms with Gasteiger partial charge < -0.3 is 42.0 Å². The maximum absolute atomic E-state index is 13.4. The first-order chi connectivity index (χ1) is 19.6. The quantitative estimate of drug-likeness (QED) is 0.123. The Hall–Kier alpha value is -4.07. The van der Waals surface area contributed by atoms with Gasteiger partial charge in [-0.2, -0.15) is 11.8 Å². The molecule has 1 aromatic heterocycles. The van der Waals surface area contributed by atoms with Gasteiger partial charge in [0.15, 0.2) is 0 Å². The number of phenols is 1. The molecule has 0 bridgehead atoms. The predicted octanol–water partition coefficient (Wildman–Crippen LogP) is 0.270. The summed E-state index contributed by atoms with van der Waals surface area (Å²) in [5.41, 5.74) is 8.56. The molecule has 220 valence electrons. The lowest BCUT2D eigenvalue weighted by molar-refractivity contribution is -0.143. The first-order valence-electron chi connectivity index (χ1n) is 12.9. The van der Waals surface area contributed by atoms with Gasteiger partial charge in [0.25, 0.3) is 0 Å². The van der Waals surface area contributed by atoms with Gasteiger partial charge in [0.1, 0.15) is 23.9 Å². The molecular weight excluding hydrogens is 550 g/mol. The van der Waals surface area contributed by atoms with Crippen molar-refractivity contribution < 1.29 is 34.5 Å². The van der Waals surface area contributed by atoms with E-state index in [2.05, 4.69) is 20.9 Å². The maximum atomic E-state index is 13.4. The number of fused-ring (bicyclic) bond motifs is 1. The van der Waals surface area contributed by atoms with Crippen LogP contribution >= 0.6 is 11.8 Å². The van der Waals surface area contributed by atoms with Gasteiger partial charge >= 0.3 is 5.97 Å². The lowest BCUT2D eigenvalue weighted by Gasteiger charge is -2.25. The number of para-hydroxylation sites is 1. The zero-order valence-electron chi connectivity index (χ0n) is 22.5. The maximum Gasteiger partial charge on any atom is 0.328 e. The number of amides is 3. The van der Waals surface area contributed by atoms with Crippen molar-refractivity contribution in [2.24, 2.45) is 5.73 Å². The zero-order valence-corrected chi connectivity index (χ0v) is 23.3. The van der Waals surface area contributed by atoms with Gasteiger partial charge in [0.05, 0.1) is 12.6 Å². The van der Waals surface area contributed by atoms with E-state index in [9.17, 15) is 34.5 Å². The number of hydrogen-bond acceptors (Lipinski definition) is 8. The lowest BCUT2D eigenvalue weighted by Crippen LogP contribution is -2.58. The van der Waals surface area contributed by atoms with Crippen molar-refractivity contribution in [3.8, 4) is 5.75 Å². The predicted molar refractivity (Wildman–Crippen MR) is 155 cm³/mol. The Bertz CT molecular complexity index is 1350. The number of hydrogen-bond donors (Lipinski definition) is 8. The minimum Gasteiger partial charge on any atom is -0.508 e. The first kappa shape index (κ1) is 31.5. The number of nitrogens with two attached hydrogens (primary N) is 1. The number of carbonyl (C=O) groups is 4. The van der Waals surface area contributed by atoms with Crippen LogP contribution < -0.4 is 21.7 Å². The summed E-state index contributed by atoms with van der Waals surface area (Å²) in [5, 5.41) is 36.6. The number of aliphatic hydroxyl groups excluding tert-OH is 1. The second kappa shape index (κ2) is 15.1. The number of aliphatic carboxylic acids is 1. The molecule has 0 aliphatic heterocycles. The van der Waals surface area contributed by atoms with Gasteiger partial charge in [-0.1, -0.05) is 30.3 Å². The molecule has 0 aliphatic carbocycles. The minimum atomic E-state index is -1.57. The molecule has 0 radical (unpaired) electrons. The summed E-state index contributed by atoms with van der Waals surface area (Å²) in [6.45, 7) is -0.846. The molecule has 9 N–H and O–H groups in total. The summed E-state index contributed by atoms with van der Waals surface area (Å²) in [6, 6.07) is 8.77. The Kier molecular flexibility index (Phi) is 11.6. The monoisotopic (exact) mass is 585 g/mol. The van der Waals surface area contributed by atoms with Crippen LogP contribution in [-0.4, -0.2) is 86.8 Å². The van der Waals surface area contributed by atoms with Gasteiger partial charge in [0.2, 0.25) is 17.7 Å². The third-order valence-electron chi connectivity index (χ3n) is 6.50. The SMILES string of the molecule is CSCCC(NC(=O)C(N)Cc1c[nH]c2ccccc12)C(=O)NC(Cc1ccc(O)cc1)C(=O)NC(CO)C(=O)O. The van der Waals surface area contributed by atoms with Crippen molar-refractivity contribution in [2.45, 2.75) is 43.4 Å². The highest BCUT2D eigenvalue weighted by Crippen LogP contribution is 2.19. The third-order valence-corrected chi connectivity index (χ3v) is 7.15. The van der Waals surface area contributed by atoms with E-state index in [1.54, 1.807) is 18.3 Å². The van der Waals surface area contributed by atoms with Crippen molar-refractivity contribution in [2.75, 3.05) is 18.6 Å². The fourth-order valence-electron chi connectivity index (χ4n) is 4.22. The number of aromatic hydroxyl groups is 1. The summed E-state index contributed by atoms with van der Waals surface area (Å²) in [4.78, 5) is 53.9. The van der Waals surface area contributed by atoms with Gasteiger partial charge in [-0.25, -0.2) is 4.79 Å². The van der Waals surface area contributed by atoms with Crippen LogP contribution in [0.1, 0.15) is 17.5 Å². The normalized spacial score (nSPS) is 14.0. The molecule has 0 fully saturated rings. The number of benzene rings is 2. The third kappa shape index (κ3) is 8.96. The highest BCUT2D eigenvalue weighted by Gasteiger charge is 2.30. The molecule has 3 aromatic rings. The van der Waals surface area contributed by atoms with Crippen molar-refractivity contribution in [3.05, 3.63) is 65.9 Å². The number of aromatic amines is 1. The molecule has 0 spiro atoms. The number of phenolic OH excluding ortho intramolecular Hbond substituents is 1. The molecule has 0 aliphatic rings. The van der Waals surface area contributed by atoms with Crippen LogP contribution in [0.25, 0.3) is 10.9 Å². The van der Waals surface area contributed by atoms with Crippen LogP contribution in [0, 0.1) is 0 Å². The second-order valence-electron chi connectivity index (χ2n) is 9.53. The van der Waals surface area contributed by atoms with Crippen LogP contribution in [0.5, 0.6) is 5.75 Å². The van der Waals surface area contributed by atoms with E-state index >= 15 is 0 Å². The molecule has 2 aromatic carbocycles. The summed E-state index contributed by atoms with van der Waals surface area (Å²) in [6.07, 6.45) is 4.08. The van der Waals surface area contributed by atoms with Gasteiger partial charge in [-0.05, 0) is 54.2 Å². The van der Waals surface area contributed by atoms with Crippen LogP contribution in [0.2, 0.25) is 0 Å². The molecule has 0 saturated carbocycles. The Labute approximate surface area is 241 Å². The Morgan fingerprint density at radius 1 is 0.902 bits per heavy atom. The lowest BCUT2D eigenvalue weighted by atomic mass is 10.0. The highest BCUT2D eigenvalue weighted by molar-refractivity contribution is 7.98. The fourth-order valence-corrected chi connectivity index (χ4v) is 4.69. The van der Waals surface area contributed by atoms with Crippen LogP contribution in [0.3, 0.4) is 0 Å². The van der Waals surface area contributed by atoms with E-state index in [0.29, 0.717) is 11.3 Å². The Morgan fingerprint density at radius 3 is 2.20 bits per heavy atom. The number of rotatable bonds is 15. The summed E-state index contributed by atoms with van der Waals surface area (Å²) >= 11 is 1.47. The second-order valence-corrected chi connectivity index (χ2v) is 10.5. The zero-order chi connectivity index (χ0) is 29.9. The number of carboxylic acid groups (broad SMARTS) is 1. The van der Waals surface area contributed by atoms with Gasteiger partial charge in [-0.15, -0.1) is 0 Å². The number of nitrogens with one attached hydrogen (secondary N) is 4. The van der Waals surface area contributed by atoms with Gasteiger partial charge in [-0.3, -0.25) is 14.4 Å². The Morgan fingerprint density at radius 2 is 1.54 bits per heavy atom. The van der Waals surface area contributed by atoms with E-state index in [1.807, 2.05) is 30.5 Å². The first-order valence-corrected chi connectivity index (χ1v) is 14.3. The molecule has 13 heteroatoms. The molecule has 1 heterocycles. The van der Waals surface area contributed by atoms with Crippen LogP contribution in [0.4, 0.5) is 0 Å². The van der Waals surface area contributed by atoms with Crippen molar-refractivity contribution in [3.63, 3.8) is 0 Å². The average Bonchev–Trinajstić information content (AvgIpc) is 3.36. The minimum absolute atomic E-state index is 0.00817. The molecule has 41 heavy (non-hydrogen) atoms. The fraction of sp³-hybridized carbons (Fsp3) is 0.357. The molecule has 3 amide bonds. The molecular formula is C28H35N5O7S. The van der Waals surface area contributed by atoms with Crippen molar-refractivity contribution in [1.82, 2.24) is 20.9 Å². The van der Waals surface area contributed by atoms with E-state index in [4.69, 9.17) is 5.73 Å². The number of carboxylic acids is 1. The molecule has 4 atom stereocenters. The van der Waals surface area contributed by atoms with E-state index < -0.39 is 54.5 Å². The number of aliphatic hydroxyl groups is 1. The van der Waals surface area contributed by atoms with Crippen LogP contribution in [-0.2, 0) is 32.0 Å².